The summed E-state index contributed by atoms with van der Waals surface area (Å²) in [6.45, 7) is 0. The number of carbonyl (C=O) groups is 1. The molecule has 1 saturated carbocycles. The van der Waals surface area contributed by atoms with Crippen LogP contribution in [-0.2, 0) is 16.8 Å². The van der Waals surface area contributed by atoms with E-state index in [1.807, 2.05) is 83.8 Å². The first-order chi connectivity index (χ1) is 15.7. The molecule has 0 spiro atoms. The second-order valence-corrected chi connectivity index (χ2v) is 9.44. The maximum absolute atomic E-state index is 14.1. The summed E-state index contributed by atoms with van der Waals surface area (Å²) in [6, 6.07) is 27.4. The van der Waals surface area contributed by atoms with Gasteiger partial charge in [0.1, 0.15) is 5.60 Å². The van der Waals surface area contributed by atoms with Crippen molar-refractivity contribution in [2.45, 2.75) is 30.9 Å². The van der Waals surface area contributed by atoms with Gasteiger partial charge in [0.15, 0.2) is 0 Å². The van der Waals surface area contributed by atoms with E-state index in [2.05, 4.69) is 18.2 Å². The van der Waals surface area contributed by atoms with Crippen LogP contribution in [0, 0.1) is 17.8 Å². The summed E-state index contributed by atoms with van der Waals surface area (Å²) < 4.78 is 0. The summed E-state index contributed by atoms with van der Waals surface area (Å²) in [5.74, 6) is 0.992. The van der Waals surface area contributed by atoms with Crippen molar-refractivity contribution < 1.29 is 9.90 Å². The second-order valence-electron chi connectivity index (χ2n) is 9.44. The number of allylic oxidation sites excluding steroid dienone is 2. The lowest BCUT2D eigenvalue weighted by atomic mass is 9.78. The zero-order valence-corrected chi connectivity index (χ0v) is 18.0. The first-order valence-corrected chi connectivity index (χ1v) is 11.6. The summed E-state index contributed by atoms with van der Waals surface area (Å²) in [4.78, 5) is 16.0. The number of carbonyl (C=O) groups excluding carboxylic acids is 1. The van der Waals surface area contributed by atoms with E-state index >= 15 is 0 Å². The molecule has 1 heterocycles. The summed E-state index contributed by atoms with van der Waals surface area (Å²) in [6.07, 6.45) is 7.12. The molecule has 6 rings (SSSR count). The first kappa shape index (κ1) is 19.5. The predicted octanol–water partition coefficient (Wildman–Crippen LogP) is 5.09. The van der Waals surface area contributed by atoms with Gasteiger partial charge in [-0.3, -0.25) is 4.79 Å². The van der Waals surface area contributed by atoms with Crippen LogP contribution in [-0.4, -0.2) is 17.1 Å². The minimum atomic E-state index is -1.31. The third kappa shape index (κ3) is 2.88. The Labute approximate surface area is 189 Å². The molecule has 2 aliphatic carbocycles. The molecule has 3 aromatic carbocycles. The van der Waals surface area contributed by atoms with E-state index in [9.17, 15) is 9.90 Å². The Kier molecular flexibility index (Phi) is 4.55. The zero-order chi connectivity index (χ0) is 21.7. The maximum atomic E-state index is 14.1. The molecule has 3 nitrogen and oxygen atoms in total. The fraction of sp³-hybridized carbons (Fsp3) is 0.276. The standard InChI is InChI=1S/C29H27NO2/c31-28(25-18-20-15-16-21(25)17-20)30-26-14-8-7-9-22(26)19-27(30)29(32,23-10-3-1-4-11-23)24-12-5-2-6-13-24/h1-16,20-21,25,27,32H,17-19H2/t20-,21+,25-,27+/m1/s1. The van der Waals surface area contributed by atoms with Gasteiger partial charge in [-0.25, -0.2) is 0 Å². The molecule has 2 bridgehead atoms. The van der Waals surface area contributed by atoms with E-state index in [0.29, 0.717) is 18.3 Å². The van der Waals surface area contributed by atoms with Gasteiger partial charge in [0.05, 0.1) is 6.04 Å². The van der Waals surface area contributed by atoms with Crippen molar-refractivity contribution in [3.05, 3.63) is 114 Å². The smallest absolute Gasteiger partial charge is 0.231 e. The Morgan fingerprint density at radius 3 is 2.03 bits per heavy atom. The van der Waals surface area contributed by atoms with Crippen LogP contribution in [0.5, 0.6) is 0 Å². The van der Waals surface area contributed by atoms with Crippen LogP contribution in [0.25, 0.3) is 0 Å². The van der Waals surface area contributed by atoms with E-state index in [4.69, 9.17) is 0 Å². The van der Waals surface area contributed by atoms with Crippen LogP contribution in [0.15, 0.2) is 97.1 Å². The molecule has 3 heteroatoms. The van der Waals surface area contributed by atoms with Gasteiger partial charge >= 0.3 is 0 Å². The Hall–Kier alpha value is -3.17. The van der Waals surface area contributed by atoms with Gasteiger partial charge in [-0.05, 0) is 53.9 Å². The number of nitrogens with zero attached hydrogens (tertiary/aromatic N) is 1. The molecule has 4 atom stereocenters. The SMILES string of the molecule is O=C([C@@H]1C[C@@H]2C=C[C@H]1C2)N1c2ccccc2C[C@H]1C(O)(c1ccccc1)c1ccccc1. The molecule has 1 fully saturated rings. The van der Waals surface area contributed by atoms with Crippen LogP contribution in [0.3, 0.4) is 0 Å². The molecular weight excluding hydrogens is 394 g/mol. The molecule has 1 N–H and O–H groups in total. The average Bonchev–Trinajstić information content (AvgIpc) is 3.58. The minimum absolute atomic E-state index is 0.00514. The quantitative estimate of drug-likeness (QED) is 0.596. The third-order valence-electron chi connectivity index (χ3n) is 7.72. The number of para-hydroxylation sites is 1. The van der Waals surface area contributed by atoms with Gasteiger partial charge in [0.2, 0.25) is 5.91 Å². The van der Waals surface area contributed by atoms with Crippen LogP contribution >= 0.6 is 0 Å². The maximum Gasteiger partial charge on any atom is 0.231 e. The lowest BCUT2D eigenvalue weighted by Gasteiger charge is -2.41. The number of benzene rings is 3. The molecule has 0 unspecified atom stereocenters. The summed E-state index contributed by atoms with van der Waals surface area (Å²) in [5, 5.41) is 12.5. The number of amides is 1. The van der Waals surface area contributed by atoms with Crippen molar-refractivity contribution in [3.8, 4) is 0 Å². The van der Waals surface area contributed by atoms with Gasteiger partial charge < -0.3 is 10.0 Å². The highest BCUT2D eigenvalue weighted by molar-refractivity contribution is 5.99. The third-order valence-corrected chi connectivity index (χ3v) is 7.72. The lowest BCUT2D eigenvalue weighted by Crippen LogP contribution is -2.54. The molecule has 0 aromatic heterocycles. The van der Waals surface area contributed by atoms with Gasteiger partial charge in [-0.15, -0.1) is 0 Å². The van der Waals surface area contributed by atoms with E-state index in [1.54, 1.807) is 0 Å². The topological polar surface area (TPSA) is 40.5 Å². The second kappa shape index (κ2) is 7.46. The minimum Gasteiger partial charge on any atom is -0.378 e. The highest BCUT2D eigenvalue weighted by Gasteiger charge is 2.52. The van der Waals surface area contributed by atoms with Gasteiger partial charge in [-0.2, -0.15) is 0 Å². The molecule has 32 heavy (non-hydrogen) atoms. The molecule has 3 aromatic rings. The molecule has 160 valence electrons. The zero-order valence-electron chi connectivity index (χ0n) is 18.0. The number of anilines is 1. The van der Waals surface area contributed by atoms with Crippen molar-refractivity contribution >= 4 is 11.6 Å². The van der Waals surface area contributed by atoms with Crippen LogP contribution in [0.2, 0.25) is 0 Å². The first-order valence-electron chi connectivity index (χ1n) is 11.6. The Balaban J connectivity index is 1.50. The number of aliphatic hydroxyl groups is 1. The number of fused-ring (bicyclic) bond motifs is 3. The Morgan fingerprint density at radius 2 is 1.44 bits per heavy atom. The normalized spacial score (nSPS) is 25.8. The average molecular weight is 422 g/mol. The summed E-state index contributed by atoms with van der Waals surface area (Å²) >= 11 is 0. The number of hydrogen-bond donors (Lipinski definition) is 1. The van der Waals surface area contributed by atoms with Crippen molar-refractivity contribution in [1.29, 1.82) is 0 Å². The lowest BCUT2D eigenvalue weighted by molar-refractivity contribution is -0.124. The van der Waals surface area contributed by atoms with Crippen molar-refractivity contribution in [2.75, 3.05) is 4.90 Å². The van der Waals surface area contributed by atoms with E-state index in [1.165, 1.54) is 0 Å². The monoisotopic (exact) mass is 421 g/mol. The van der Waals surface area contributed by atoms with Gasteiger partial charge in [0, 0.05) is 11.6 Å². The molecular formula is C29H27NO2. The Bertz CT molecular complexity index is 1130. The highest BCUT2D eigenvalue weighted by Crippen LogP contribution is 2.49. The Morgan fingerprint density at radius 1 is 0.812 bits per heavy atom. The van der Waals surface area contributed by atoms with Crippen molar-refractivity contribution in [2.24, 2.45) is 17.8 Å². The number of rotatable bonds is 4. The van der Waals surface area contributed by atoms with Crippen molar-refractivity contribution in [3.63, 3.8) is 0 Å². The summed E-state index contributed by atoms with van der Waals surface area (Å²) in [5.41, 5.74) is 2.38. The van der Waals surface area contributed by atoms with E-state index < -0.39 is 11.6 Å². The predicted molar refractivity (Wildman–Crippen MR) is 126 cm³/mol. The fourth-order valence-corrected chi connectivity index (χ4v) is 6.17. The number of hydrogen-bond acceptors (Lipinski definition) is 2. The molecule has 3 aliphatic rings. The molecule has 0 radical (unpaired) electrons. The highest BCUT2D eigenvalue weighted by atomic mass is 16.3. The van der Waals surface area contributed by atoms with Crippen LogP contribution in [0.4, 0.5) is 5.69 Å². The van der Waals surface area contributed by atoms with E-state index in [-0.39, 0.29) is 11.8 Å². The van der Waals surface area contributed by atoms with E-state index in [0.717, 1.165) is 35.2 Å². The van der Waals surface area contributed by atoms with Gasteiger partial charge in [-0.1, -0.05) is 91.0 Å². The largest absolute Gasteiger partial charge is 0.378 e. The molecule has 1 aliphatic heterocycles. The summed E-state index contributed by atoms with van der Waals surface area (Å²) in [7, 11) is 0. The fourth-order valence-electron chi connectivity index (χ4n) is 6.17. The van der Waals surface area contributed by atoms with Crippen LogP contribution in [0.1, 0.15) is 29.5 Å². The van der Waals surface area contributed by atoms with Crippen molar-refractivity contribution in [1.82, 2.24) is 0 Å². The molecule has 1 amide bonds. The van der Waals surface area contributed by atoms with Crippen LogP contribution < -0.4 is 4.90 Å². The van der Waals surface area contributed by atoms with Gasteiger partial charge in [0.25, 0.3) is 0 Å². The molecule has 0 saturated heterocycles.